The van der Waals surface area contributed by atoms with Crippen LogP contribution in [-0.4, -0.2) is 54.6 Å². The molecule has 8 heteroatoms. The van der Waals surface area contributed by atoms with Gasteiger partial charge in [0.15, 0.2) is 9.84 Å². The van der Waals surface area contributed by atoms with E-state index in [4.69, 9.17) is 4.74 Å². The molecule has 0 saturated carbocycles. The maximum atomic E-state index is 12.2. The number of amides is 1. The van der Waals surface area contributed by atoms with Gasteiger partial charge in [-0.15, -0.1) is 0 Å². The minimum absolute atomic E-state index is 0.0464. The molecular formula is C15H17N3O4S. The molecular weight excluding hydrogens is 318 g/mol. The maximum Gasteiger partial charge on any atom is 0.409 e. The van der Waals surface area contributed by atoms with Gasteiger partial charge in [0.05, 0.1) is 23.7 Å². The largest absolute Gasteiger partial charge is 0.448 e. The number of hydrogen-bond acceptors (Lipinski definition) is 5. The summed E-state index contributed by atoms with van der Waals surface area (Å²) in [6, 6.07) is 9.03. The molecule has 3 rings (SSSR count). The molecule has 1 aromatic heterocycles. The Kier molecular flexibility index (Phi) is 4.33. The van der Waals surface area contributed by atoms with E-state index in [0.717, 1.165) is 5.69 Å². The van der Waals surface area contributed by atoms with Gasteiger partial charge in [0.2, 0.25) is 0 Å². The summed E-state index contributed by atoms with van der Waals surface area (Å²) in [6.45, 7) is 0.952. The summed E-state index contributed by atoms with van der Waals surface area (Å²) in [5, 5.41) is 4.12. The summed E-state index contributed by atoms with van der Waals surface area (Å²) in [5.74, 6) is -0.113. The third-order valence-corrected chi connectivity index (χ3v) is 5.19. The van der Waals surface area contributed by atoms with Crippen molar-refractivity contribution >= 4 is 15.9 Å². The SMILES string of the molecule is O=C1OCCN1CCS(=O)(=O)Cc1ccc(-n2cccn2)cc1. The van der Waals surface area contributed by atoms with Crippen molar-refractivity contribution in [2.24, 2.45) is 0 Å². The molecule has 1 fully saturated rings. The van der Waals surface area contributed by atoms with E-state index in [1.54, 1.807) is 23.0 Å². The van der Waals surface area contributed by atoms with Gasteiger partial charge in [-0.2, -0.15) is 5.10 Å². The van der Waals surface area contributed by atoms with Crippen molar-refractivity contribution < 1.29 is 17.9 Å². The normalized spacial score (nSPS) is 15.0. The quantitative estimate of drug-likeness (QED) is 0.793. The number of ether oxygens (including phenoxy) is 1. The van der Waals surface area contributed by atoms with Crippen LogP contribution in [0.25, 0.3) is 5.69 Å². The molecule has 1 aliphatic heterocycles. The molecule has 1 amide bonds. The number of sulfone groups is 1. The monoisotopic (exact) mass is 335 g/mol. The Morgan fingerprint density at radius 1 is 1.22 bits per heavy atom. The number of aromatic nitrogens is 2. The van der Waals surface area contributed by atoms with Crippen molar-refractivity contribution in [1.82, 2.24) is 14.7 Å². The van der Waals surface area contributed by atoms with E-state index in [2.05, 4.69) is 5.10 Å². The van der Waals surface area contributed by atoms with E-state index in [1.807, 2.05) is 24.4 Å². The smallest absolute Gasteiger partial charge is 0.409 e. The molecule has 1 aliphatic rings. The highest BCUT2D eigenvalue weighted by molar-refractivity contribution is 7.90. The highest BCUT2D eigenvalue weighted by atomic mass is 32.2. The molecule has 1 saturated heterocycles. The molecule has 0 unspecified atom stereocenters. The molecule has 0 bridgehead atoms. The predicted octanol–water partition coefficient (Wildman–Crippen LogP) is 1.24. The zero-order chi connectivity index (χ0) is 16.3. The van der Waals surface area contributed by atoms with E-state index < -0.39 is 15.9 Å². The molecule has 0 N–H and O–H groups in total. The van der Waals surface area contributed by atoms with Crippen LogP contribution in [0.1, 0.15) is 5.56 Å². The van der Waals surface area contributed by atoms with Crippen LogP contribution in [0.15, 0.2) is 42.7 Å². The number of hydrogen-bond donors (Lipinski definition) is 0. The van der Waals surface area contributed by atoms with E-state index in [9.17, 15) is 13.2 Å². The average Bonchev–Trinajstić information content (AvgIpc) is 3.17. The Bertz CT molecular complexity index is 770. The predicted molar refractivity (Wildman–Crippen MR) is 84.0 cm³/mol. The molecule has 1 aromatic carbocycles. The third kappa shape index (κ3) is 3.89. The Morgan fingerprint density at radius 2 is 2.00 bits per heavy atom. The summed E-state index contributed by atoms with van der Waals surface area (Å²) in [6.07, 6.45) is 3.06. The van der Waals surface area contributed by atoms with E-state index in [1.165, 1.54) is 4.90 Å². The van der Waals surface area contributed by atoms with E-state index in [-0.39, 0.29) is 18.1 Å². The van der Waals surface area contributed by atoms with E-state index >= 15 is 0 Å². The Hall–Kier alpha value is -2.35. The van der Waals surface area contributed by atoms with Gasteiger partial charge in [-0.3, -0.25) is 0 Å². The molecule has 0 spiro atoms. The summed E-state index contributed by atoms with van der Waals surface area (Å²) in [5.41, 5.74) is 1.58. The van der Waals surface area contributed by atoms with Crippen molar-refractivity contribution in [1.29, 1.82) is 0 Å². The van der Waals surface area contributed by atoms with Crippen LogP contribution < -0.4 is 0 Å². The second kappa shape index (κ2) is 6.41. The maximum absolute atomic E-state index is 12.2. The van der Waals surface area contributed by atoms with Gasteiger partial charge in [0, 0.05) is 18.9 Å². The van der Waals surface area contributed by atoms with Crippen LogP contribution in [-0.2, 0) is 20.3 Å². The van der Waals surface area contributed by atoms with E-state index in [0.29, 0.717) is 18.7 Å². The standard InChI is InChI=1S/C15H17N3O4S/c19-15-17(8-10-22-15)9-11-23(20,21)12-13-2-4-14(5-3-13)18-7-1-6-16-18/h1-7H,8-12H2. The summed E-state index contributed by atoms with van der Waals surface area (Å²) >= 11 is 0. The number of rotatable bonds is 6. The lowest BCUT2D eigenvalue weighted by atomic mass is 10.2. The van der Waals surface area contributed by atoms with Gasteiger partial charge >= 0.3 is 6.09 Å². The molecule has 7 nitrogen and oxygen atoms in total. The van der Waals surface area contributed by atoms with Gasteiger partial charge < -0.3 is 9.64 Å². The minimum Gasteiger partial charge on any atom is -0.448 e. The lowest BCUT2D eigenvalue weighted by molar-refractivity contribution is 0.160. The van der Waals surface area contributed by atoms with Gasteiger partial charge in [-0.25, -0.2) is 17.9 Å². The molecule has 122 valence electrons. The number of cyclic esters (lactones) is 1. The van der Waals surface area contributed by atoms with Gasteiger partial charge in [0.1, 0.15) is 6.61 Å². The summed E-state index contributed by atoms with van der Waals surface area (Å²) < 4.78 is 30.8. The van der Waals surface area contributed by atoms with Gasteiger partial charge in [-0.05, 0) is 23.8 Å². The van der Waals surface area contributed by atoms with Crippen LogP contribution in [0.2, 0.25) is 0 Å². The van der Waals surface area contributed by atoms with Crippen molar-refractivity contribution in [2.75, 3.05) is 25.4 Å². The number of carbonyl (C=O) groups excluding carboxylic acids is 1. The van der Waals surface area contributed by atoms with Crippen LogP contribution in [0, 0.1) is 0 Å². The number of benzene rings is 1. The zero-order valence-corrected chi connectivity index (χ0v) is 13.3. The first-order chi connectivity index (χ1) is 11.0. The highest BCUT2D eigenvalue weighted by Crippen LogP contribution is 2.12. The Labute approximate surface area is 134 Å². The molecule has 2 heterocycles. The van der Waals surface area contributed by atoms with Gasteiger partial charge in [0.25, 0.3) is 0 Å². The number of nitrogens with zero attached hydrogens (tertiary/aromatic N) is 3. The van der Waals surface area contributed by atoms with Crippen LogP contribution >= 0.6 is 0 Å². The van der Waals surface area contributed by atoms with Crippen molar-refractivity contribution in [3.63, 3.8) is 0 Å². The fraction of sp³-hybridized carbons (Fsp3) is 0.333. The lowest BCUT2D eigenvalue weighted by Crippen LogP contribution is -2.30. The van der Waals surface area contributed by atoms with Crippen LogP contribution in [0.5, 0.6) is 0 Å². The zero-order valence-electron chi connectivity index (χ0n) is 12.5. The highest BCUT2D eigenvalue weighted by Gasteiger charge is 2.23. The number of carbonyl (C=O) groups is 1. The minimum atomic E-state index is -3.28. The fourth-order valence-corrected chi connectivity index (χ4v) is 3.71. The third-order valence-electron chi connectivity index (χ3n) is 3.61. The fourth-order valence-electron chi connectivity index (χ4n) is 2.37. The lowest BCUT2D eigenvalue weighted by Gasteiger charge is -2.12. The van der Waals surface area contributed by atoms with Crippen LogP contribution in [0.3, 0.4) is 0 Å². The summed E-state index contributed by atoms with van der Waals surface area (Å²) in [4.78, 5) is 12.7. The first kappa shape index (κ1) is 15.5. The topological polar surface area (TPSA) is 81.5 Å². The molecule has 0 aliphatic carbocycles. The van der Waals surface area contributed by atoms with Gasteiger partial charge in [-0.1, -0.05) is 12.1 Å². The Morgan fingerprint density at radius 3 is 2.61 bits per heavy atom. The first-order valence-corrected chi connectivity index (χ1v) is 9.07. The second-order valence-electron chi connectivity index (χ2n) is 5.31. The Balaban J connectivity index is 1.60. The van der Waals surface area contributed by atoms with Crippen LogP contribution in [0.4, 0.5) is 4.79 Å². The molecule has 0 atom stereocenters. The molecule has 2 aromatic rings. The van der Waals surface area contributed by atoms with Crippen molar-refractivity contribution in [2.45, 2.75) is 5.75 Å². The molecule has 0 radical (unpaired) electrons. The first-order valence-electron chi connectivity index (χ1n) is 7.25. The average molecular weight is 335 g/mol. The summed E-state index contributed by atoms with van der Waals surface area (Å²) in [7, 11) is -3.28. The van der Waals surface area contributed by atoms with Crippen molar-refractivity contribution in [3.8, 4) is 5.69 Å². The molecule has 23 heavy (non-hydrogen) atoms. The van der Waals surface area contributed by atoms with Crippen molar-refractivity contribution in [3.05, 3.63) is 48.3 Å². The second-order valence-corrected chi connectivity index (χ2v) is 7.49.